The highest BCUT2D eigenvalue weighted by atomic mass is 32.2. The zero-order chi connectivity index (χ0) is 21.8. The molecule has 0 atom stereocenters. The molecule has 1 N–H and O–H groups in total. The van der Waals surface area contributed by atoms with E-state index in [1.54, 1.807) is 20.8 Å². The second-order valence-corrected chi connectivity index (χ2v) is 9.20. The number of carbonyl (C=O) groups excluding carboxylic acids is 3. The number of carbonyl (C=O) groups is 3. The lowest BCUT2D eigenvalue weighted by Crippen LogP contribution is -2.26. The first-order valence-corrected chi connectivity index (χ1v) is 10.3. The van der Waals surface area contributed by atoms with Crippen LogP contribution >= 0.6 is 0 Å². The van der Waals surface area contributed by atoms with Gasteiger partial charge in [0.05, 0.1) is 10.5 Å². The smallest absolute Gasteiger partial charge is 0.338 e. The Hall–Kier alpha value is -3.00. The first-order valence-electron chi connectivity index (χ1n) is 8.84. The number of benzene rings is 2. The Kier molecular flexibility index (Phi) is 6.58. The molecule has 0 heterocycles. The van der Waals surface area contributed by atoms with Crippen molar-refractivity contribution in [3.63, 3.8) is 0 Å². The van der Waals surface area contributed by atoms with Gasteiger partial charge in [-0.25, -0.2) is 13.2 Å². The normalized spacial score (nSPS) is 11.6. The lowest BCUT2D eigenvalue weighted by atomic mass is 9.91. The number of Topliss-reactive ketones (excluding diaryl/α,β-unsaturated/α-hetero) is 2. The second-order valence-electron chi connectivity index (χ2n) is 7.51. The lowest BCUT2D eigenvalue weighted by molar-refractivity contribution is -0.129. The molecule has 0 bridgehead atoms. The fourth-order valence-electron chi connectivity index (χ4n) is 2.19. The standard InChI is InChI=1S/C21H23NO6S/c1-14(23)15-7-11-18(12-8-15)29(26,27)22-17-9-5-16(6-10-17)20(25)28-13-19(24)21(2,3)4/h5-12,22H,13H2,1-4H3. The Morgan fingerprint density at radius 2 is 1.41 bits per heavy atom. The fourth-order valence-corrected chi connectivity index (χ4v) is 3.25. The van der Waals surface area contributed by atoms with Crippen LogP contribution in [0.25, 0.3) is 0 Å². The van der Waals surface area contributed by atoms with Crippen molar-refractivity contribution in [2.24, 2.45) is 5.41 Å². The fraction of sp³-hybridized carbons (Fsp3) is 0.286. The molecule has 0 radical (unpaired) electrons. The Morgan fingerprint density at radius 3 is 1.90 bits per heavy atom. The van der Waals surface area contributed by atoms with E-state index in [0.717, 1.165) is 0 Å². The van der Waals surface area contributed by atoms with Crippen LogP contribution in [0.15, 0.2) is 53.4 Å². The number of nitrogens with one attached hydrogen (secondary N) is 1. The van der Waals surface area contributed by atoms with Crippen molar-refractivity contribution < 1.29 is 27.5 Å². The average Bonchev–Trinajstić information content (AvgIpc) is 2.65. The van der Waals surface area contributed by atoms with E-state index in [4.69, 9.17) is 4.74 Å². The minimum absolute atomic E-state index is 0.00618. The summed E-state index contributed by atoms with van der Waals surface area (Å²) < 4.78 is 32.3. The average molecular weight is 417 g/mol. The van der Waals surface area contributed by atoms with Gasteiger partial charge in [0.25, 0.3) is 10.0 Å². The van der Waals surface area contributed by atoms with E-state index >= 15 is 0 Å². The van der Waals surface area contributed by atoms with E-state index in [2.05, 4.69) is 4.72 Å². The number of ketones is 2. The van der Waals surface area contributed by atoms with Crippen LogP contribution in [0, 0.1) is 5.41 Å². The number of rotatable bonds is 7. The van der Waals surface area contributed by atoms with Gasteiger partial charge in [-0.3, -0.25) is 14.3 Å². The number of ether oxygens (including phenoxy) is 1. The van der Waals surface area contributed by atoms with Gasteiger partial charge in [-0.1, -0.05) is 32.9 Å². The predicted octanol–water partition coefficient (Wildman–Crippen LogP) is 3.46. The molecule has 0 aliphatic rings. The molecule has 0 aliphatic heterocycles. The molecule has 0 spiro atoms. The number of sulfonamides is 1. The summed E-state index contributed by atoms with van der Waals surface area (Å²) in [5.41, 5.74) is 0.255. The number of hydrogen-bond donors (Lipinski definition) is 1. The summed E-state index contributed by atoms with van der Waals surface area (Å²) in [5, 5.41) is 0. The van der Waals surface area contributed by atoms with Crippen molar-refractivity contribution in [1.82, 2.24) is 0 Å². The summed E-state index contributed by atoms with van der Waals surface area (Å²) in [6.07, 6.45) is 0. The minimum Gasteiger partial charge on any atom is -0.454 e. The first kappa shape index (κ1) is 22.3. The third kappa shape index (κ3) is 5.99. The maximum atomic E-state index is 12.4. The highest BCUT2D eigenvalue weighted by Crippen LogP contribution is 2.19. The van der Waals surface area contributed by atoms with Crippen molar-refractivity contribution in [2.45, 2.75) is 32.6 Å². The van der Waals surface area contributed by atoms with E-state index in [0.29, 0.717) is 5.56 Å². The summed E-state index contributed by atoms with van der Waals surface area (Å²) in [6, 6.07) is 11.2. The van der Waals surface area contributed by atoms with Crippen molar-refractivity contribution in [3.05, 3.63) is 59.7 Å². The topological polar surface area (TPSA) is 107 Å². The quantitative estimate of drug-likeness (QED) is 0.546. The molecule has 0 aliphatic carbocycles. The van der Waals surface area contributed by atoms with Crippen LogP contribution < -0.4 is 4.72 Å². The van der Waals surface area contributed by atoms with Crippen LogP contribution in [0.4, 0.5) is 5.69 Å². The third-order valence-electron chi connectivity index (χ3n) is 4.11. The van der Waals surface area contributed by atoms with E-state index in [1.807, 2.05) is 0 Å². The Bertz CT molecular complexity index is 1020. The number of anilines is 1. The predicted molar refractivity (Wildman–Crippen MR) is 108 cm³/mol. The molecule has 0 fully saturated rings. The molecular formula is C21H23NO6S. The van der Waals surface area contributed by atoms with E-state index in [-0.39, 0.29) is 34.3 Å². The van der Waals surface area contributed by atoms with Crippen LogP contribution in [0.3, 0.4) is 0 Å². The van der Waals surface area contributed by atoms with Gasteiger partial charge in [-0.05, 0) is 43.3 Å². The molecule has 0 saturated heterocycles. The van der Waals surface area contributed by atoms with Crippen LogP contribution in [-0.2, 0) is 19.6 Å². The molecule has 0 aromatic heterocycles. The first-order chi connectivity index (χ1) is 13.4. The van der Waals surface area contributed by atoms with Gasteiger partial charge in [0, 0.05) is 16.7 Å². The monoisotopic (exact) mass is 417 g/mol. The van der Waals surface area contributed by atoms with Crippen molar-refractivity contribution >= 4 is 33.2 Å². The molecule has 29 heavy (non-hydrogen) atoms. The molecule has 2 aromatic carbocycles. The van der Waals surface area contributed by atoms with Crippen molar-refractivity contribution in [3.8, 4) is 0 Å². The van der Waals surface area contributed by atoms with Gasteiger partial charge < -0.3 is 4.74 Å². The lowest BCUT2D eigenvalue weighted by Gasteiger charge is -2.16. The molecule has 0 unspecified atom stereocenters. The molecule has 7 nitrogen and oxygen atoms in total. The Morgan fingerprint density at radius 1 is 0.897 bits per heavy atom. The highest BCUT2D eigenvalue weighted by Gasteiger charge is 2.23. The van der Waals surface area contributed by atoms with Crippen molar-refractivity contribution in [1.29, 1.82) is 0 Å². The Balaban J connectivity index is 2.05. The largest absolute Gasteiger partial charge is 0.454 e. The van der Waals surface area contributed by atoms with Gasteiger partial charge in [-0.15, -0.1) is 0 Å². The molecule has 8 heteroatoms. The molecule has 2 rings (SSSR count). The summed E-state index contributed by atoms with van der Waals surface area (Å²) in [6.45, 7) is 6.27. The van der Waals surface area contributed by atoms with E-state index in [9.17, 15) is 22.8 Å². The van der Waals surface area contributed by atoms with Crippen molar-refractivity contribution in [2.75, 3.05) is 11.3 Å². The van der Waals surface area contributed by atoms with Crippen LogP contribution in [0.1, 0.15) is 48.4 Å². The Labute approximate surface area is 170 Å². The van der Waals surface area contributed by atoms with Gasteiger partial charge in [0.1, 0.15) is 0 Å². The zero-order valence-corrected chi connectivity index (χ0v) is 17.5. The molecule has 0 amide bonds. The van der Waals surface area contributed by atoms with Crippen LogP contribution in [0.2, 0.25) is 0 Å². The molecule has 0 saturated carbocycles. The number of hydrogen-bond acceptors (Lipinski definition) is 6. The maximum Gasteiger partial charge on any atom is 0.338 e. The molecule has 2 aromatic rings. The van der Waals surface area contributed by atoms with E-state index in [1.165, 1.54) is 55.5 Å². The van der Waals surface area contributed by atoms with Crippen LogP contribution in [0.5, 0.6) is 0 Å². The van der Waals surface area contributed by atoms with Crippen LogP contribution in [-0.4, -0.2) is 32.6 Å². The van der Waals surface area contributed by atoms with Gasteiger partial charge in [0.2, 0.25) is 0 Å². The third-order valence-corrected chi connectivity index (χ3v) is 5.51. The SMILES string of the molecule is CC(=O)c1ccc(S(=O)(=O)Nc2ccc(C(=O)OCC(=O)C(C)(C)C)cc2)cc1. The molecular weight excluding hydrogens is 394 g/mol. The van der Waals surface area contributed by atoms with E-state index < -0.39 is 21.4 Å². The zero-order valence-electron chi connectivity index (χ0n) is 16.7. The number of esters is 1. The summed E-state index contributed by atoms with van der Waals surface area (Å²) >= 11 is 0. The van der Waals surface area contributed by atoms with Gasteiger partial charge in [0.15, 0.2) is 18.2 Å². The molecule has 154 valence electrons. The van der Waals surface area contributed by atoms with Gasteiger partial charge >= 0.3 is 5.97 Å². The summed E-state index contributed by atoms with van der Waals surface area (Å²) in [7, 11) is -3.85. The van der Waals surface area contributed by atoms with Gasteiger partial charge in [-0.2, -0.15) is 0 Å². The second kappa shape index (κ2) is 8.57. The maximum absolute atomic E-state index is 12.4. The summed E-state index contributed by atoms with van der Waals surface area (Å²) in [5.74, 6) is -1.03. The highest BCUT2D eigenvalue weighted by molar-refractivity contribution is 7.92. The summed E-state index contributed by atoms with van der Waals surface area (Å²) in [4.78, 5) is 35.2. The minimum atomic E-state index is -3.85.